The van der Waals surface area contributed by atoms with E-state index >= 15 is 0 Å². The monoisotopic (exact) mass is 438 g/mol. The Labute approximate surface area is 183 Å². The third-order valence-corrected chi connectivity index (χ3v) is 6.03. The number of nitrogens with zero attached hydrogens (tertiary/aromatic N) is 3. The van der Waals surface area contributed by atoms with Gasteiger partial charge < -0.3 is 14.3 Å². The van der Waals surface area contributed by atoms with Gasteiger partial charge in [-0.1, -0.05) is 30.8 Å². The smallest absolute Gasteiger partial charge is 0.191 e. The second kappa shape index (κ2) is 9.34. The average molecular weight is 439 g/mol. The first kappa shape index (κ1) is 21.1. The Morgan fingerprint density at radius 2 is 1.90 bits per heavy atom. The molecule has 160 valence electrons. The highest BCUT2D eigenvalue weighted by atomic mass is 32.2. The lowest BCUT2D eigenvalue weighted by atomic mass is 10.2. The number of aromatic amines is 1. The molecule has 6 nitrogen and oxygen atoms in total. The Bertz CT molecular complexity index is 1250. The number of H-pyrrole nitrogens is 1. The lowest BCUT2D eigenvalue weighted by molar-refractivity contribution is 0.288. The van der Waals surface area contributed by atoms with Crippen LogP contribution in [0.1, 0.15) is 30.9 Å². The molecule has 2 heterocycles. The third-order valence-electron chi connectivity index (χ3n) is 5.01. The van der Waals surface area contributed by atoms with Gasteiger partial charge in [-0.3, -0.25) is 4.79 Å². The van der Waals surface area contributed by atoms with E-state index in [9.17, 15) is 9.18 Å². The minimum atomic E-state index is -0.424. The summed E-state index contributed by atoms with van der Waals surface area (Å²) in [6.45, 7) is 5.17. The molecule has 0 fully saturated rings. The number of aryl methyl sites for hydroxylation is 1. The van der Waals surface area contributed by atoms with Gasteiger partial charge in [0.1, 0.15) is 18.2 Å². The summed E-state index contributed by atoms with van der Waals surface area (Å²) >= 11 is 1.48. The van der Waals surface area contributed by atoms with Gasteiger partial charge in [0.15, 0.2) is 16.4 Å². The minimum Gasteiger partial charge on any atom is -0.486 e. The van der Waals surface area contributed by atoms with Gasteiger partial charge in [0.05, 0.1) is 0 Å². The van der Waals surface area contributed by atoms with Crippen molar-refractivity contribution in [1.29, 1.82) is 0 Å². The molecular weight excluding hydrogens is 415 g/mol. The maximum atomic E-state index is 13.4. The fourth-order valence-corrected chi connectivity index (χ4v) is 4.24. The van der Waals surface area contributed by atoms with Crippen LogP contribution >= 0.6 is 11.8 Å². The number of pyridine rings is 1. The molecule has 8 heteroatoms. The highest BCUT2D eigenvalue weighted by Gasteiger charge is 2.13. The molecule has 0 radical (unpaired) electrons. The molecule has 0 bridgehead atoms. The molecule has 0 unspecified atom stereocenters. The standard InChI is InChI=1S/C23H23FN4O2S/c1-3-15-5-8-18(9-6-15)30-13-22-26-27-23(28(22)4-2)31-14-17-12-21(29)19-11-16(24)7-10-20(19)25-17/h5-12H,3-4,13-14H2,1-2H3,(H,25,29). The molecule has 0 aliphatic carbocycles. The lowest BCUT2D eigenvalue weighted by Crippen LogP contribution is -2.07. The van der Waals surface area contributed by atoms with Gasteiger partial charge in [0, 0.05) is 35.0 Å². The molecule has 0 aliphatic rings. The van der Waals surface area contributed by atoms with Crippen molar-refractivity contribution in [3.8, 4) is 5.75 Å². The van der Waals surface area contributed by atoms with Crippen LogP contribution in [0.5, 0.6) is 5.75 Å². The molecule has 0 aliphatic heterocycles. The van der Waals surface area contributed by atoms with E-state index in [4.69, 9.17) is 4.74 Å². The predicted molar refractivity (Wildman–Crippen MR) is 120 cm³/mol. The summed E-state index contributed by atoms with van der Waals surface area (Å²) in [4.78, 5) is 15.5. The number of hydrogen-bond donors (Lipinski definition) is 1. The van der Waals surface area contributed by atoms with E-state index in [-0.39, 0.29) is 5.43 Å². The summed E-state index contributed by atoms with van der Waals surface area (Å²) < 4.78 is 21.3. The Hall–Kier alpha value is -3.13. The van der Waals surface area contributed by atoms with Crippen molar-refractivity contribution >= 4 is 22.7 Å². The summed E-state index contributed by atoms with van der Waals surface area (Å²) in [6, 6.07) is 13.7. The maximum Gasteiger partial charge on any atom is 0.191 e. The zero-order chi connectivity index (χ0) is 21.8. The molecule has 31 heavy (non-hydrogen) atoms. The molecule has 0 saturated heterocycles. The van der Waals surface area contributed by atoms with Crippen molar-refractivity contribution in [2.75, 3.05) is 0 Å². The van der Waals surface area contributed by atoms with E-state index in [1.807, 2.05) is 23.6 Å². The van der Waals surface area contributed by atoms with Crippen LogP contribution in [0.3, 0.4) is 0 Å². The molecule has 2 aromatic heterocycles. The van der Waals surface area contributed by atoms with Gasteiger partial charge in [-0.05, 0) is 49.2 Å². The Balaban J connectivity index is 1.45. The predicted octanol–water partition coefficient (Wildman–Crippen LogP) is 4.71. The number of halogens is 1. The molecule has 1 N–H and O–H groups in total. The van der Waals surface area contributed by atoms with Crippen LogP contribution in [0, 0.1) is 5.82 Å². The van der Waals surface area contributed by atoms with E-state index in [0.717, 1.165) is 28.8 Å². The molecule has 4 aromatic rings. The molecule has 0 atom stereocenters. The second-order valence-corrected chi connectivity index (χ2v) is 8.01. The van der Waals surface area contributed by atoms with E-state index in [0.29, 0.717) is 29.8 Å². The highest BCUT2D eigenvalue weighted by Crippen LogP contribution is 2.23. The van der Waals surface area contributed by atoms with Crippen LogP contribution in [-0.4, -0.2) is 19.7 Å². The number of hydrogen-bond acceptors (Lipinski definition) is 5. The van der Waals surface area contributed by atoms with Crippen molar-refractivity contribution < 1.29 is 9.13 Å². The first-order valence-electron chi connectivity index (χ1n) is 10.2. The number of rotatable bonds is 8. The van der Waals surface area contributed by atoms with E-state index in [2.05, 4.69) is 34.2 Å². The highest BCUT2D eigenvalue weighted by molar-refractivity contribution is 7.98. The number of fused-ring (bicyclic) bond motifs is 1. The topological polar surface area (TPSA) is 72.8 Å². The number of thioether (sulfide) groups is 1. The average Bonchev–Trinajstić information content (AvgIpc) is 3.19. The number of nitrogens with one attached hydrogen (secondary N) is 1. The van der Waals surface area contributed by atoms with Crippen LogP contribution in [0.2, 0.25) is 0 Å². The van der Waals surface area contributed by atoms with Gasteiger partial charge >= 0.3 is 0 Å². The van der Waals surface area contributed by atoms with Gasteiger partial charge in [-0.25, -0.2) is 4.39 Å². The summed E-state index contributed by atoms with van der Waals surface area (Å²) in [5.41, 5.74) is 2.42. The van der Waals surface area contributed by atoms with Crippen molar-refractivity contribution in [2.24, 2.45) is 0 Å². The minimum absolute atomic E-state index is 0.205. The summed E-state index contributed by atoms with van der Waals surface area (Å²) in [6.07, 6.45) is 0.990. The molecule has 0 spiro atoms. The van der Waals surface area contributed by atoms with E-state index < -0.39 is 5.82 Å². The summed E-state index contributed by atoms with van der Waals surface area (Å²) in [5, 5.41) is 9.67. The normalized spacial score (nSPS) is 11.2. The number of benzene rings is 2. The van der Waals surface area contributed by atoms with Gasteiger partial charge in [-0.15, -0.1) is 10.2 Å². The number of ether oxygens (including phenoxy) is 1. The van der Waals surface area contributed by atoms with Crippen LogP contribution in [0.4, 0.5) is 4.39 Å². The number of aromatic nitrogens is 4. The van der Waals surface area contributed by atoms with Gasteiger partial charge in [0.25, 0.3) is 0 Å². The van der Waals surface area contributed by atoms with Crippen LogP contribution < -0.4 is 10.2 Å². The van der Waals surface area contributed by atoms with Gasteiger partial charge in [-0.2, -0.15) is 0 Å². The Kier molecular flexibility index (Phi) is 6.36. The third kappa shape index (κ3) is 4.80. The fourth-order valence-electron chi connectivity index (χ4n) is 3.31. The first-order valence-corrected chi connectivity index (χ1v) is 11.1. The van der Waals surface area contributed by atoms with Crippen molar-refractivity contribution in [3.63, 3.8) is 0 Å². The zero-order valence-electron chi connectivity index (χ0n) is 17.4. The van der Waals surface area contributed by atoms with Crippen molar-refractivity contribution in [3.05, 3.63) is 81.7 Å². The van der Waals surface area contributed by atoms with Gasteiger partial charge in [0.2, 0.25) is 0 Å². The lowest BCUT2D eigenvalue weighted by Gasteiger charge is -2.09. The first-order chi connectivity index (χ1) is 15.1. The Morgan fingerprint density at radius 1 is 1.10 bits per heavy atom. The zero-order valence-corrected chi connectivity index (χ0v) is 18.2. The second-order valence-electron chi connectivity index (χ2n) is 7.07. The van der Waals surface area contributed by atoms with Crippen molar-refractivity contribution in [1.82, 2.24) is 19.7 Å². The van der Waals surface area contributed by atoms with Crippen LogP contribution in [-0.2, 0) is 25.3 Å². The van der Waals surface area contributed by atoms with Crippen LogP contribution in [0.15, 0.2) is 58.5 Å². The molecule has 4 rings (SSSR count). The summed E-state index contributed by atoms with van der Waals surface area (Å²) in [5.74, 6) is 1.63. The quantitative estimate of drug-likeness (QED) is 0.403. The van der Waals surface area contributed by atoms with E-state index in [1.54, 1.807) is 6.07 Å². The molecule has 0 saturated carbocycles. The van der Waals surface area contributed by atoms with E-state index in [1.165, 1.54) is 35.5 Å². The molecule has 0 amide bonds. The summed E-state index contributed by atoms with van der Waals surface area (Å²) in [7, 11) is 0. The Morgan fingerprint density at radius 3 is 2.65 bits per heavy atom. The molecule has 2 aromatic carbocycles. The van der Waals surface area contributed by atoms with Crippen molar-refractivity contribution in [2.45, 2.75) is 44.3 Å². The SMILES string of the molecule is CCc1ccc(OCc2nnc(SCc3cc(=O)c4cc(F)ccc4[nH]3)n2CC)cc1. The maximum absolute atomic E-state index is 13.4. The fraction of sp³-hybridized carbons (Fsp3) is 0.261. The largest absolute Gasteiger partial charge is 0.486 e. The van der Waals surface area contributed by atoms with Crippen LogP contribution in [0.25, 0.3) is 10.9 Å². The molecular formula is C23H23FN4O2S.